The Morgan fingerprint density at radius 1 is 1.80 bits per heavy atom. The van der Waals surface area contributed by atoms with Gasteiger partial charge < -0.3 is 9.64 Å². The topological polar surface area (TPSA) is 71.1 Å². The molecule has 6 heteroatoms. The molecule has 0 saturated carbocycles. The van der Waals surface area contributed by atoms with Gasteiger partial charge in [-0.25, -0.2) is 4.98 Å². The number of carbonyl (C=O) groups is 1. The van der Waals surface area contributed by atoms with E-state index in [-0.39, 0.29) is 12.0 Å². The largest absolute Gasteiger partial charge is 0.375 e. The minimum absolute atomic E-state index is 0.103. The number of aromatic amines is 1. The van der Waals surface area contributed by atoms with Crippen molar-refractivity contribution < 1.29 is 9.53 Å². The van der Waals surface area contributed by atoms with Crippen LogP contribution in [0.3, 0.4) is 0 Å². The molecular weight excluding hydrogens is 196 g/mol. The Hall–Kier alpha value is -1.43. The Morgan fingerprint density at radius 3 is 3.33 bits per heavy atom. The molecule has 1 amide bonds. The summed E-state index contributed by atoms with van der Waals surface area (Å²) in [5, 5.41) is 6.24. The fourth-order valence-electron chi connectivity index (χ4n) is 1.61. The molecule has 0 aliphatic carbocycles. The van der Waals surface area contributed by atoms with Crippen molar-refractivity contribution >= 4 is 5.91 Å². The fraction of sp³-hybridized carbons (Fsp3) is 0.667. The van der Waals surface area contributed by atoms with Crippen LogP contribution in [0.4, 0.5) is 0 Å². The number of nitrogens with one attached hydrogen (secondary N) is 1. The molecule has 2 heterocycles. The average Bonchev–Trinajstić information content (AvgIpc) is 2.81. The maximum Gasteiger partial charge on any atom is 0.291 e. The van der Waals surface area contributed by atoms with Crippen LogP contribution in [0.1, 0.15) is 24.0 Å². The summed E-state index contributed by atoms with van der Waals surface area (Å²) in [5.74, 6) is 0.195. The van der Waals surface area contributed by atoms with Crippen LogP contribution in [0.2, 0.25) is 0 Å². The van der Waals surface area contributed by atoms with E-state index in [1.54, 1.807) is 4.90 Å². The third-order valence-corrected chi connectivity index (χ3v) is 2.50. The molecule has 1 aliphatic heterocycles. The lowest BCUT2D eigenvalue weighted by Crippen LogP contribution is -2.45. The van der Waals surface area contributed by atoms with E-state index in [4.69, 9.17) is 4.74 Å². The molecule has 0 aromatic carbocycles. The minimum atomic E-state index is -0.103. The van der Waals surface area contributed by atoms with E-state index < -0.39 is 0 Å². The molecular formula is C9H14N4O2. The van der Waals surface area contributed by atoms with Crippen molar-refractivity contribution in [2.24, 2.45) is 0 Å². The number of H-pyrrole nitrogens is 1. The zero-order valence-corrected chi connectivity index (χ0v) is 8.64. The fourth-order valence-corrected chi connectivity index (χ4v) is 1.61. The molecule has 1 atom stereocenters. The molecule has 1 unspecified atom stereocenters. The van der Waals surface area contributed by atoms with E-state index in [2.05, 4.69) is 15.2 Å². The zero-order chi connectivity index (χ0) is 10.7. The molecule has 2 rings (SSSR count). The quantitative estimate of drug-likeness (QED) is 0.749. The van der Waals surface area contributed by atoms with Gasteiger partial charge in [-0.2, -0.15) is 5.10 Å². The summed E-state index contributed by atoms with van der Waals surface area (Å²) in [6.45, 7) is 3.90. The summed E-state index contributed by atoms with van der Waals surface area (Å²) in [4.78, 5) is 17.5. The Morgan fingerprint density at radius 2 is 2.67 bits per heavy atom. The Labute approximate surface area is 87.6 Å². The molecule has 82 valence electrons. The smallest absolute Gasteiger partial charge is 0.291 e. The lowest BCUT2D eigenvalue weighted by atomic mass is 10.2. The number of nitrogens with zero attached hydrogens (tertiary/aromatic N) is 3. The highest BCUT2D eigenvalue weighted by Gasteiger charge is 2.25. The molecule has 0 spiro atoms. The first-order chi connectivity index (χ1) is 7.31. The highest BCUT2D eigenvalue weighted by molar-refractivity contribution is 5.90. The molecule has 0 bridgehead atoms. The average molecular weight is 210 g/mol. The molecule has 0 radical (unpaired) electrons. The Balaban J connectivity index is 2.01. The monoisotopic (exact) mass is 210 g/mol. The van der Waals surface area contributed by atoms with Crippen molar-refractivity contribution in [1.82, 2.24) is 20.1 Å². The van der Waals surface area contributed by atoms with Crippen molar-refractivity contribution in [2.75, 3.05) is 19.7 Å². The first-order valence-electron chi connectivity index (χ1n) is 5.07. The number of aromatic nitrogens is 3. The van der Waals surface area contributed by atoms with Gasteiger partial charge >= 0.3 is 0 Å². The van der Waals surface area contributed by atoms with Crippen molar-refractivity contribution in [2.45, 2.75) is 19.4 Å². The second-order valence-electron chi connectivity index (χ2n) is 3.49. The summed E-state index contributed by atoms with van der Waals surface area (Å²) in [7, 11) is 0. The molecule has 15 heavy (non-hydrogen) atoms. The van der Waals surface area contributed by atoms with Crippen LogP contribution in [0, 0.1) is 0 Å². The maximum absolute atomic E-state index is 11.9. The van der Waals surface area contributed by atoms with Crippen LogP contribution in [-0.2, 0) is 4.74 Å². The van der Waals surface area contributed by atoms with Gasteiger partial charge in [0.25, 0.3) is 5.91 Å². The highest BCUT2D eigenvalue weighted by atomic mass is 16.5. The predicted molar refractivity (Wildman–Crippen MR) is 52.3 cm³/mol. The van der Waals surface area contributed by atoms with Gasteiger partial charge in [0.15, 0.2) is 0 Å². The Kier molecular flexibility index (Phi) is 2.96. The third kappa shape index (κ3) is 2.15. The second-order valence-corrected chi connectivity index (χ2v) is 3.49. The highest BCUT2D eigenvalue weighted by Crippen LogP contribution is 2.10. The van der Waals surface area contributed by atoms with Gasteiger partial charge in [0.05, 0.1) is 12.7 Å². The lowest BCUT2D eigenvalue weighted by molar-refractivity contribution is -0.0230. The molecule has 6 nitrogen and oxygen atoms in total. The number of carbonyl (C=O) groups excluding carboxylic acids is 1. The van der Waals surface area contributed by atoms with Gasteiger partial charge in [0.1, 0.15) is 6.33 Å². The van der Waals surface area contributed by atoms with E-state index >= 15 is 0 Å². The number of morpholine rings is 1. The van der Waals surface area contributed by atoms with Crippen LogP contribution in [-0.4, -0.2) is 51.8 Å². The lowest BCUT2D eigenvalue weighted by Gasteiger charge is -2.31. The van der Waals surface area contributed by atoms with E-state index in [1.807, 2.05) is 6.92 Å². The van der Waals surface area contributed by atoms with Crippen LogP contribution in [0.5, 0.6) is 0 Å². The molecule has 1 aromatic heterocycles. The first kappa shape index (κ1) is 10.1. The predicted octanol–water partition coefficient (Wildman–Crippen LogP) is 0.0557. The van der Waals surface area contributed by atoms with Gasteiger partial charge in [-0.1, -0.05) is 6.92 Å². The summed E-state index contributed by atoms with van der Waals surface area (Å²) in [6.07, 6.45) is 2.40. The van der Waals surface area contributed by atoms with E-state index in [0.29, 0.717) is 25.5 Å². The molecule has 1 aromatic rings. The van der Waals surface area contributed by atoms with Gasteiger partial charge in [0.2, 0.25) is 5.82 Å². The minimum Gasteiger partial charge on any atom is -0.375 e. The number of hydrogen-bond acceptors (Lipinski definition) is 4. The summed E-state index contributed by atoms with van der Waals surface area (Å²) in [6, 6.07) is 0. The normalized spacial score (nSPS) is 21.7. The van der Waals surface area contributed by atoms with Gasteiger partial charge in [-0.05, 0) is 6.42 Å². The maximum atomic E-state index is 11.9. The first-order valence-corrected chi connectivity index (χ1v) is 5.07. The molecule has 1 saturated heterocycles. The van der Waals surface area contributed by atoms with Crippen LogP contribution in [0.15, 0.2) is 6.33 Å². The van der Waals surface area contributed by atoms with Crippen LogP contribution in [0.25, 0.3) is 0 Å². The van der Waals surface area contributed by atoms with Crippen molar-refractivity contribution in [1.29, 1.82) is 0 Å². The molecule has 1 N–H and O–H groups in total. The molecule has 1 aliphatic rings. The van der Waals surface area contributed by atoms with Crippen molar-refractivity contribution in [3.8, 4) is 0 Å². The van der Waals surface area contributed by atoms with E-state index in [0.717, 1.165) is 6.42 Å². The van der Waals surface area contributed by atoms with Crippen LogP contribution < -0.4 is 0 Å². The Bertz CT molecular complexity index is 325. The third-order valence-electron chi connectivity index (χ3n) is 2.50. The van der Waals surface area contributed by atoms with E-state index in [1.165, 1.54) is 6.33 Å². The number of rotatable bonds is 2. The van der Waals surface area contributed by atoms with Crippen molar-refractivity contribution in [3.63, 3.8) is 0 Å². The number of ether oxygens (including phenoxy) is 1. The van der Waals surface area contributed by atoms with Gasteiger partial charge in [-0.3, -0.25) is 9.89 Å². The van der Waals surface area contributed by atoms with E-state index in [9.17, 15) is 4.79 Å². The van der Waals surface area contributed by atoms with Gasteiger partial charge in [-0.15, -0.1) is 0 Å². The summed E-state index contributed by atoms with van der Waals surface area (Å²) < 4.78 is 5.48. The van der Waals surface area contributed by atoms with Gasteiger partial charge in [0, 0.05) is 13.1 Å². The summed E-state index contributed by atoms with van der Waals surface area (Å²) >= 11 is 0. The number of amides is 1. The second kappa shape index (κ2) is 4.39. The van der Waals surface area contributed by atoms with Crippen LogP contribution >= 0.6 is 0 Å². The van der Waals surface area contributed by atoms with Crippen molar-refractivity contribution in [3.05, 3.63) is 12.2 Å². The SMILES string of the molecule is CCC1CN(C(=O)c2ncn[nH]2)CCO1. The zero-order valence-electron chi connectivity index (χ0n) is 8.64. The molecule has 1 fully saturated rings. The standard InChI is InChI=1S/C9H14N4O2/c1-2-7-5-13(3-4-15-7)9(14)8-10-6-11-12-8/h6-7H,2-5H2,1H3,(H,10,11,12). The number of hydrogen-bond donors (Lipinski definition) is 1. The summed E-state index contributed by atoms with van der Waals surface area (Å²) in [5.41, 5.74) is 0.